The van der Waals surface area contributed by atoms with Crippen molar-refractivity contribution < 1.29 is 13.5 Å². The summed E-state index contributed by atoms with van der Waals surface area (Å²) in [5, 5.41) is 0. The van der Waals surface area contributed by atoms with Crippen LogP contribution in [0.15, 0.2) is 16.6 Å². The van der Waals surface area contributed by atoms with Crippen molar-refractivity contribution in [2.75, 3.05) is 0 Å². The Morgan fingerprint density at radius 2 is 1.57 bits per heavy atom. The van der Waals surface area contributed by atoms with Gasteiger partial charge in [0.2, 0.25) is 0 Å². The summed E-state index contributed by atoms with van der Waals surface area (Å²) in [5.41, 5.74) is 0. The summed E-state index contributed by atoms with van der Waals surface area (Å²) in [6.07, 6.45) is 0. The maximum atomic E-state index is 12.9. The van der Waals surface area contributed by atoms with E-state index in [4.69, 9.17) is 34.8 Å². The van der Waals surface area contributed by atoms with Crippen LogP contribution in [0.1, 0.15) is 0 Å². The SMILES string of the molecule is Fc1cc(OC(Cl)(Cl)Cl)cc(F)c1Br. The van der Waals surface area contributed by atoms with E-state index < -0.39 is 15.6 Å². The number of hydrogen-bond donors (Lipinski definition) is 0. The normalized spacial score (nSPS) is 11.6. The third kappa shape index (κ3) is 3.42. The number of rotatable bonds is 1. The van der Waals surface area contributed by atoms with E-state index in [0.29, 0.717) is 0 Å². The van der Waals surface area contributed by atoms with Crippen LogP contribution in [0.2, 0.25) is 0 Å². The van der Waals surface area contributed by atoms with Crippen molar-refractivity contribution in [3.63, 3.8) is 0 Å². The van der Waals surface area contributed by atoms with Gasteiger partial charge in [0, 0.05) is 12.1 Å². The molecule has 0 N–H and O–H groups in total. The van der Waals surface area contributed by atoms with Gasteiger partial charge in [-0.3, -0.25) is 0 Å². The zero-order valence-corrected chi connectivity index (χ0v) is 10.2. The standard InChI is InChI=1S/C7H2BrCl3F2O/c8-6-4(12)1-3(2-5(6)13)14-7(9,10)11/h1-2H. The minimum absolute atomic E-state index is 0.205. The highest BCUT2D eigenvalue weighted by Gasteiger charge is 2.23. The average molecular weight is 326 g/mol. The Balaban J connectivity index is 3.02. The van der Waals surface area contributed by atoms with Crippen molar-refractivity contribution in [2.24, 2.45) is 0 Å². The van der Waals surface area contributed by atoms with Gasteiger partial charge in [-0.2, -0.15) is 0 Å². The second-order valence-corrected chi connectivity index (χ2v) is 5.22. The van der Waals surface area contributed by atoms with Crippen molar-refractivity contribution in [2.45, 2.75) is 3.98 Å². The van der Waals surface area contributed by atoms with Crippen molar-refractivity contribution in [3.8, 4) is 5.75 Å². The second-order valence-electron chi connectivity index (χ2n) is 2.25. The van der Waals surface area contributed by atoms with Crippen LogP contribution in [0.25, 0.3) is 0 Å². The first-order valence-corrected chi connectivity index (χ1v) is 5.12. The third-order valence-electron chi connectivity index (χ3n) is 1.19. The predicted molar refractivity (Wildman–Crippen MR) is 55.0 cm³/mol. The zero-order chi connectivity index (χ0) is 10.9. The van der Waals surface area contributed by atoms with Gasteiger partial charge in [-0.05, 0) is 50.7 Å². The third-order valence-corrected chi connectivity index (χ3v) is 2.18. The lowest BCUT2D eigenvalue weighted by Gasteiger charge is -2.13. The monoisotopic (exact) mass is 324 g/mol. The molecule has 7 heteroatoms. The minimum atomic E-state index is -2.05. The highest BCUT2D eigenvalue weighted by Crippen LogP contribution is 2.32. The Labute approximate surface area is 102 Å². The molecule has 0 saturated heterocycles. The maximum Gasteiger partial charge on any atom is 0.338 e. The summed E-state index contributed by atoms with van der Waals surface area (Å²) in [7, 11) is 0. The Morgan fingerprint density at radius 1 is 1.14 bits per heavy atom. The molecule has 0 bridgehead atoms. The largest absolute Gasteiger partial charge is 0.445 e. The van der Waals surface area contributed by atoms with E-state index in [-0.39, 0.29) is 10.2 Å². The van der Waals surface area contributed by atoms with Crippen LogP contribution < -0.4 is 4.74 Å². The molecule has 78 valence electrons. The first-order valence-electron chi connectivity index (χ1n) is 3.20. The van der Waals surface area contributed by atoms with Gasteiger partial charge in [-0.25, -0.2) is 8.78 Å². The molecule has 0 spiro atoms. The molecule has 0 fully saturated rings. The molecular formula is C7H2BrCl3F2O. The zero-order valence-electron chi connectivity index (χ0n) is 6.33. The number of halogens is 6. The van der Waals surface area contributed by atoms with Gasteiger partial charge in [-0.1, -0.05) is 0 Å². The molecule has 0 atom stereocenters. The first-order chi connectivity index (χ1) is 6.29. The van der Waals surface area contributed by atoms with E-state index in [9.17, 15) is 8.78 Å². The summed E-state index contributed by atoms with van der Waals surface area (Å²) in [6, 6.07) is 1.80. The molecule has 1 aromatic carbocycles. The molecule has 0 radical (unpaired) electrons. The molecular weight excluding hydrogens is 324 g/mol. The van der Waals surface area contributed by atoms with Crippen LogP contribution >= 0.6 is 50.7 Å². The molecule has 0 unspecified atom stereocenters. The number of ether oxygens (including phenoxy) is 1. The van der Waals surface area contributed by atoms with E-state index in [2.05, 4.69) is 20.7 Å². The first kappa shape index (κ1) is 12.3. The highest BCUT2D eigenvalue weighted by molar-refractivity contribution is 9.10. The molecule has 1 rings (SSSR count). The lowest BCUT2D eigenvalue weighted by molar-refractivity contribution is 0.316. The second kappa shape index (κ2) is 4.39. The fraction of sp³-hybridized carbons (Fsp3) is 0.143. The summed E-state index contributed by atoms with van der Waals surface area (Å²) >= 11 is 18.5. The van der Waals surface area contributed by atoms with E-state index in [1.165, 1.54) is 0 Å². The lowest BCUT2D eigenvalue weighted by Crippen LogP contribution is -2.12. The Hall–Kier alpha value is 0.230. The molecule has 0 aliphatic rings. The number of benzene rings is 1. The molecule has 0 heterocycles. The van der Waals surface area contributed by atoms with Gasteiger partial charge in [0.1, 0.15) is 17.4 Å². The minimum Gasteiger partial charge on any atom is -0.445 e. The summed E-state index contributed by atoms with van der Waals surface area (Å²) in [6.45, 7) is 0. The van der Waals surface area contributed by atoms with Crippen LogP contribution in [0.3, 0.4) is 0 Å². The van der Waals surface area contributed by atoms with E-state index in [0.717, 1.165) is 12.1 Å². The number of hydrogen-bond acceptors (Lipinski definition) is 1. The topological polar surface area (TPSA) is 9.23 Å². The Morgan fingerprint density at radius 3 is 1.93 bits per heavy atom. The molecule has 14 heavy (non-hydrogen) atoms. The molecule has 0 saturated carbocycles. The van der Waals surface area contributed by atoms with Crippen molar-refractivity contribution in [1.29, 1.82) is 0 Å². The van der Waals surface area contributed by atoms with E-state index in [1.54, 1.807) is 0 Å². The number of alkyl halides is 3. The average Bonchev–Trinajstić information content (AvgIpc) is 1.96. The molecule has 1 aromatic rings. The van der Waals surface area contributed by atoms with Crippen molar-refractivity contribution >= 4 is 50.7 Å². The molecule has 0 amide bonds. The Bertz CT molecular complexity index is 330. The fourth-order valence-electron chi connectivity index (χ4n) is 0.725. The van der Waals surface area contributed by atoms with Crippen LogP contribution in [-0.4, -0.2) is 3.98 Å². The molecule has 0 aliphatic carbocycles. The highest BCUT2D eigenvalue weighted by atomic mass is 79.9. The van der Waals surface area contributed by atoms with Gasteiger partial charge < -0.3 is 4.74 Å². The Kier molecular flexibility index (Phi) is 3.86. The van der Waals surface area contributed by atoms with Gasteiger partial charge >= 0.3 is 3.98 Å². The van der Waals surface area contributed by atoms with Gasteiger partial charge in [0.05, 0.1) is 4.47 Å². The maximum absolute atomic E-state index is 12.9. The van der Waals surface area contributed by atoms with Crippen LogP contribution in [0, 0.1) is 11.6 Å². The molecule has 0 aliphatic heterocycles. The van der Waals surface area contributed by atoms with E-state index >= 15 is 0 Å². The predicted octanol–water partition coefficient (Wildman–Crippen LogP) is 4.43. The van der Waals surface area contributed by atoms with Crippen molar-refractivity contribution in [3.05, 3.63) is 28.2 Å². The molecule has 1 nitrogen and oxygen atoms in total. The van der Waals surface area contributed by atoms with Crippen LogP contribution in [0.4, 0.5) is 8.78 Å². The lowest BCUT2D eigenvalue weighted by atomic mass is 10.3. The molecule has 0 aromatic heterocycles. The van der Waals surface area contributed by atoms with E-state index in [1.807, 2.05) is 0 Å². The summed E-state index contributed by atoms with van der Waals surface area (Å²) in [5.74, 6) is -1.88. The van der Waals surface area contributed by atoms with Gasteiger partial charge in [0.25, 0.3) is 0 Å². The quantitative estimate of drug-likeness (QED) is 0.548. The summed E-state index contributed by atoms with van der Waals surface area (Å²) < 4.78 is 28.1. The van der Waals surface area contributed by atoms with Crippen LogP contribution in [-0.2, 0) is 0 Å². The van der Waals surface area contributed by atoms with Gasteiger partial charge in [0.15, 0.2) is 0 Å². The fourth-order valence-corrected chi connectivity index (χ4v) is 1.22. The smallest absolute Gasteiger partial charge is 0.338 e. The van der Waals surface area contributed by atoms with Gasteiger partial charge in [-0.15, -0.1) is 0 Å². The van der Waals surface area contributed by atoms with Crippen molar-refractivity contribution in [1.82, 2.24) is 0 Å². The van der Waals surface area contributed by atoms with Crippen LogP contribution in [0.5, 0.6) is 5.75 Å². The summed E-state index contributed by atoms with van der Waals surface area (Å²) in [4.78, 5) is 0.